The van der Waals surface area contributed by atoms with E-state index >= 15 is 0 Å². The van der Waals surface area contributed by atoms with Crippen molar-refractivity contribution in [1.29, 1.82) is 0 Å². The smallest absolute Gasteiger partial charge is 0.251 e. The first-order chi connectivity index (χ1) is 11.4. The second-order valence-corrected chi connectivity index (χ2v) is 6.62. The van der Waals surface area contributed by atoms with Crippen LogP contribution in [0.3, 0.4) is 0 Å². The van der Waals surface area contributed by atoms with Crippen LogP contribution in [-0.2, 0) is 0 Å². The Morgan fingerprint density at radius 3 is 2.83 bits per heavy atom. The van der Waals surface area contributed by atoms with Gasteiger partial charge >= 0.3 is 0 Å². The molecular weight excluding hydrogens is 307 g/mol. The fourth-order valence-corrected chi connectivity index (χ4v) is 2.39. The van der Waals surface area contributed by atoms with Crippen molar-refractivity contribution in [2.24, 2.45) is 5.41 Å². The molecule has 1 heterocycles. The summed E-state index contributed by atoms with van der Waals surface area (Å²) in [4.78, 5) is 16.0. The van der Waals surface area contributed by atoms with Gasteiger partial charge in [-0.1, -0.05) is 26.0 Å². The van der Waals surface area contributed by atoms with Crippen LogP contribution in [0.2, 0.25) is 0 Å². The van der Waals surface area contributed by atoms with Gasteiger partial charge in [-0.15, -0.1) is 0 Å². The highest BCUT2D eigenvalue weighted by molar-refractivity contribution is 5.95. The Bertz CT molecular complexity index is 701. The summed E-state index contributed by atoms with van der Waals surface area (Å²) in [6, 6.07) is 8.46. The first-order valence-electron chi connectivity index (χ1n) is 8.02. The number of hydrogen-bond acceptors (Lipinski definition) is 3. The molecule has 5 heteroatoms. The Labute approximate surface area is 141 Å². The van der Waals surface area contributed by atoms with Gasteiger partial charge in [0.2, 0.25) is 0 Å². The quantitative estimate of drug-likeness (QED) is 0.765. The highest BCUT2D eigenvalue weighted by atomic mass is 19.1. The Morgan fingerprint density at radius 1 is 1.33 bits per heavy atom. The number of nitrogens with one attached hydrogen (secondary N) is 1. The van der Waals surface area contributed by atoms with Gasteiger partial charge in [-0.2, -0.15) is 0 Å². The molecular formula is C19H23FN2O2. The number of amides is 1. The predicted molar refractivity (Wildman–Crippen MR) is 92.1 cm³/mol. The number of aliphatic hydroxyl groups is 1. The fraction of sp³-hybridized carbons (Fsp3) is 0.368. The molecule has 0 aliphatic heterocycles. The highest BCUT2D eigenvalue weighted by Crippen LogP contribution is 2.23. The average molecular weight is 330 g/mol. The zero-order chi connectivity index (χ0) is 17.6. The van der Waals surface area contributed by atoms with E-state index in [2.05, 4.69) is 10.3 Å². The maximum Gasteiger partial charge on any atom is 0.251 e. The van der Waals surface area contributed by atoms with Crippen LogP contribution in [0.15, 0.2) is 42.7 Å². The van der Waals surface area contributed by atoms with Crippen LogP contribution < -0.4 is 5.32 Å². The van der Waals surface area contributed by atoms with Crippen molar-refractivity contribution in [1.82, 2.24) is 10.3 Å². The summed E-state index contributed by atoms with van der Waals surface area (Å²) in [5.41, 5.74) is 1.42. The van der Waals surface area contributed by atoms with Crippen molar-refractivity contribution < 1.29 is 14.3 Å². The second kappa shape index (κ2) is 8.02. The van der Waals surface area contributed by atoms with Gasteiger partial charge in [0.05, 0.1) is 6.20 Å². The molecule has 0 fully saturated rings. The van der Waals surface area contributed by atoms with Crippen LogP contribution >= 0.6 is 0 Å². The summed E-state index contributed by atoms with van der Waals surface area (Å²) in [5.74, 6) is -0.602. The number of halogens is 1. The Morgan fingerprint density at radius 2 is 2.12 bits per heavy atom. The fourth-order valence-electron chi connectivity index (χ4n) is 2.39. The minimum absolute atomic E-state index is 0.125. The molecule has 0 aliphatic rings. The average Bonchev–Trinajstić information content (AvgIpc) is 2.59. The van der Waals surface area contributed by atoms with Crippen molar-refractivity contribution in [2.75, 3.05) is 13.2 Å². The molecule has 0 atom stereocenters. The Hall–Kier alpha value is -2.27. The maximum absolute atomic E-state index is 13.8. The van der Waals surface area contributed by atoms with Gasteiger partial charge in [0.15, 0.2) is 0 Å². The molecule has 2 aromatic rings. The standard InChI is InChI=1S/C19H23FN2O2/c1-19(2,13-23)8-4-9-22-18(24)15-6-3-5-14(11-15)16-7-10-21-12-17(16)20/h3,5-7,10-12,23H,4,8-9,13H2,1-2H3,(H,22,24). The van der Waals surface area contributed by atoms with Gasteiger partial charge in [-0.3, -0.25) is 9.78 Å². The second-order valence-electron chi connectivity index (χ2n) is 6.62. The summed E-state index contributed by atoms with van der Waals surface area (Å²) in [6.07, 6.45) is 4.29. The number of aromatic nitrogens is 1. The molecule has 0 saturated heterocycles. The maximum atomic E-state index is 13.8. The van der Waals surface area contributed by atoms with Crippen LogP contribution in [0.25, 0.3) is 11.1 Å². The molecule has 0 spiro atoms. The lowest BCUT2D eigenvalue weighted by molar-refractivity contribution is 0.0948. The third kappa shape index (κ3) is 4.86. The normalized spacial score (nSPS) is 11.3. The third-order valence-corrected chi connectivity index (χ3v) is 3.95. The molecule has 0 unspecified atom stereocenters. The number of nitrogens with zero attached hydrogens (tertiary/aromatic N) is 1. The lowest BCUT2D eigenvalue weighted by Gasteiger charge is -2.21. The number of carbonyl (C=O) groups is 1. The summed E-state index contributed by atoms with van der Waals surface area (Å²) >= 11 is 0. The molecule has 1 amide bonds. The van der Waals surface area contributed by atoms with Crippen molar-refractivity contribution in [3.63, 3.8) is 0 Å². The van der Waals surface area contributed by atoms with Gasteiger partial charge in [0.1, 0.15) is 5.82 Å². The molecule has 0 aliphatic carbocycles. The minimum Gasteiger partial charge on any atom is -0.396 e. The summed E-state index contributed by atoms with van der Waals surface area (Å²) < 4.78 is 13.8. The summed E-state index contributed by atoms with van der Waals surface area (Å²) in [7, 11) is 0. The molecule has 0 saturated carbocycles. The zero-order valence-corrected chi connectivity index (χ0v) is 14.1. The minimum atomic E-state index is -0.415. The van der Waals surface area contributed by atoms with E-state index in [0.29, 0.717) is 23.2 Å². The van der Waals surface area contributed by atoms with Gasteiger partial charge in [-0.05, 0) is 42.0 Å². The van der Waals surface area contributed by atoms with E-state index in [1.165, 1.54) is 6.20 Å². The van der Waals surface area contributed by atoms with Crippen molar-refractivity contribution in [3.05, 3.63) is 54.1 Å². The highest BCUT2D eigenvalue weighted by Gasteiger charge is 2.16. The third-order valence-electron chi connectivity index (χ3n) is 3.95. The number of pyridine rings is 1. The van der Waals surface area contributed by atoms with Crippen LogP contribution in [0.5, 0.6) is 0 Å². The number of rotatable bonds is 7. The summed E-state index contributed by atoms with van der Waals surface area (Å²) in [5, 5.41) is 12.1. The van der Waals surface area contributed by atoms with E-state index in [-0.39, 0.29) is 17.9 Å². The van der Waals surface area contributed by atoms with Gasteiger partial charge < -0.3 is 10.4 Å². The van der Waals surface area contributed by atoms with Gasteiger partial charge in [-0.25, -0.2) is 4.39 Å². The summed E-state index contributed by atoms with van der Waals surface area (Å²) in [6.45, 7) is 4.64. The van der Waals surface area contributed by atoms with E-state index in [1.807, 2.05) is 13.8 Å². The first kappa shape index (κ1) is 18.1. The SMILES string of the molecule is CC(C)(CO)CCCNC(=O)c1cccc(-c2ccncc2F)c1. The number of carbonyl (C=O) groups excluding carboxylic acids is 1. The van der Waals surface area contributed by atoms with E-state index < -0.39 is 5.82 Å². The molecule has 1 aromatic carbocycles. The topological polar surface area (TPSA) is 62.2 Å². The van der Waals surface area contributed by atoms with E-state index in [1.54, 1.807) is 30.3 Å². The van der Waals surface area contributed by atoms with Crippen LogP contribution in [0.4, 0.5) is 4.39 Å². The largest absolute Gasteiger partial charge is 0.396 e. The van der Waals surface area contributed by atoms with Gasteiger partial charge in [0.25, 0.3) is 5.91 Å². The van der Waals surface area contributed by atoms with Gasteiger partial charge in [0, 0.05) is 30.5 Å². The molecule has 0 bridgehead atoms. The van der Waals surface area contributed by atoms with E-state index in [9.17, 15) is 14.3 Å². The monoisotopic (exact) mass is 330 g/mol. The Kier molecular flexibility index (Phi) is 6.04. The van der Waals surface area contributed by atoms with Crippen molar-refractivity contribution >= 4 is 5.91 Å². The molecule has 1 aromatic heterocycles. The predicted octanol–water partition coefficient (Wildman–Crippen LogP) is 3.42. The van der Waals surface area contributed by atoms with Crippen LogP contribution in [0.1, 0.15) is 37.0 Å². The molecule has 2 N–H and O–H groups in total. The molecule has 128 valence electrons. The van der Waals surface area contributed by atoms with E-state index in [4.69, 9.17) is 0 Å². The van der Waals surface area contributed by atoms with Crippen molar-refractivity contribution in [3.8, 4) is 11.1 Å². The van der Waals surface area contributed by atoms with E-state index in [0.717, 1.165) is 19.0 Å². The van der Waals surface area contributed by atoms with Crippen molar-refractivity contribution in [2.45, 2.75) is 26.7 Å². The molecule has 0 radical (unpaired) electrons. The number of benzene rings is 1. The van der Waals surface area contributed by atoms with Crippen LogP contribution in [-0.4, -0.2) is 29.1 Å². The Balaban J connectivity index is 1.99. The lowest BCUT2D eigenvalue weighted by atomic mass is 9.89. The molecule has 2 rings (SSSR count). The zero-order valence-electron chi connectivity index (χ0n) is 14.1. The molecule has 24 heavy (non-hydrogen) atoms. The number of aliphatic hydroxyl groups excluding tert-OH is 1. The number of hydrogen-bond donors (Lipinski definition) is 2. The van der Waals surface area contributed by atoms with Crippen LogP contribution in [0, 0.1) is 11.2 Å². The molecule has 4 nitrogen and oxygen atoms in total. The first-order valence-corrected chi connectivity index (χ1v) is 8.02. The lowest BCUT2D eigenvalue weighted by Crippen LogP contribution is -2.26.